The van der Waals surface area contributed by atoms with Crippen molar-refractivity contribution in [3.8, 4) is 11.5 Å². The second-order valence-electron chi connectivity index (χ2n) is 5.68. The number of nitrogens with one attached hydrogen (secondary N) is 1. The molecular weight excluding hydrogens is 411 g/mol. The molecule has 2 aromatic rings. The number of nitrogens with zero attached hydrogens (tertiary/aromatic N) is 1. The Hall–Kier alpha value is -2.36. The molecular formula is C18H20ClFN2O5S. The lowest BCUT2D eigenvalue weighted by molar-refractivity contribution is -0.118. The van der Waals surface area contributed by atoms with E-state index in [9.17, 15) is 22.7 Å². The van der Waals surface area contributed by atoms with Crippen molar-refractivity contribution in [2.75, 3.05) is 25.0 Å². The van der Waals surface area contributed by atoms with E-state index in [1.54, 1.807) is 13.8 Å². The number of carbonyl (C=O) groups is 1. The molecule has 0 aliphatic rings. The largest absolute Gasteiger partial charge is 0.506 e. The second kappa shape index (κ2) is 9.22. The Morgan fingerprint density at radius 1 is 1.21 bits per heavy atom. The molecule has 7 nitrogen and oxygen atoms in total. The Labute approximate surface area is 167 Å². The third-order valence-corrected chi connectivity index (χ3v) is 6.18. The van der Waals surface area contributed by atoms with Gasteiger partial charge in [-0.15, -0.1) is 0 Å². The van der Waals surface area contributed by atoms with Crippen LogP contribution in [0.5, 0.6) is 11.5 Å². The van der Waals surface area contributed by atoms with Gasteiger partial charge in [-0.25, -0.2) is 12.8 Å². The van der Waals surface area contributed by atoms with E-state index in [2.05, 4.69) is 5.32 Å². The maximum Gasteiger partial charge on any atom is 0.262 e. The Morgan fingerprint density at radius 2 is 1.89 bits per heavy atom. The first-order valence-corrected chi connectivity index (χ1v) is 10.2. The summed E-state index contributed by atoms with van der Waals surface area (Å²) in [5.74, 6) is -1.39. The number of aromatic hydroxyl groups is 1. The first-order chi connectivity index (χ1) is 13.2. The lowest BCUT2D eigenvalue weighted by Crippen LogP contribution is -2.30. The average Bonchev–Trinajstić information content (AvgIpc) is 2.63. The molecule has 28 heavy (non-hydrogen) atoms. The van der Waals surface area contributed by atoms with E-state index in [4.69, 9.17) is 16.3 Å². The third kappa shape index (κ3) is 5.12. The molecule has 1 amide bonds. The van der Waals surface area contributed by atoms with Crippen LogP contribution in [-0.4, -0.2) is 43.4 Å². The monoisotopic (exact) mass is 430 g/mol. The van der Waals surface area contributed by atoms with Gasteiger partial charge in [-0.3, -0.25) is 4.79 Å². The van der Waals surface area contributed by atoms with Crippen molar-refractivity contribution in [2.45, 2.75) is 18.7 Å². The molecule has 0 unspecified atom stereocenters. The predicted molar refractivity (Wildman–Crippen MR) is 104 cm³/mol. The van der Waals surface area contributed by atoms with Crippen LogP contribution >= 0.6 is 11.6 Å². The minimum atomic E-state index is -3.75. The highest BCUT2D eigenvalue weighted by Crippen LogP contribution is 2.28. The van der Waals surface area contributed by atoms with Gasteiger partial charge in [-0.2, -0.15) is 4.31 Å². The number of ether oxygens (including phenoxy) is 1. The molecule has 0 spiro atoms. The van der Waals surface area contributed by atoms with Crippen LogP contribution in [0.15, 0.2) is 41.3 Å². The summed E-state index contributed by atoms with van der Waals surface area (Å²) in [7, 11) is -3.75. The highest BCUT2D eigenvalue weighted by atomic mass is 35.5. The quantitative estimate of drug-likeness (QED) is 0.627. The molecule has 0 radical (unpaired) electrons. The van der Waals surface area contributed by atoms with Gasteiger partial charge in [0.15, 0.2) is 6.61 Å². The molecule has 2 rings (SSSR count). The fraction of sp³-hybridized carbons (Fsp3) is 0.278. The summed E-state index contributed by atoms with van der Waals surface area (Å²) in [6.07, 6.45) is 0. The molecule has 0 saturated carbocycles. The van der Waals surface area contributed by atoms with Crippen LogP contribution in [0.4, 0.5) is 10.1 Å². The smallest absolute Gasteiger partial charge is 0.262 e. The van der Waals surface area contributed by atoms with E-state index in [0.717, 1.165) is 12.1 Å². The zero-order valence-electron chi connectivity index (χ0n) is 15.3. The van der Waals surface area contributed by atoms with E-state index < -0.39 is 28.4 Å². The van der Waals surface area contributed by atoms with Gasteiger partial charge in [-0.05, 0) is 36.4 Å². The molecule has 0 fully saturated rings. The minimum absolute atomic E-state index is 0.00274. The summed E-state index contributed by atoms with van der Waals surface area (Å²) in [6.45, 7) is 3.52. The highest BCUT2D eigenvalue weighted by molar-refractivity contribution is 7.89. The van der Waals surface area contributed by atoms with Crippen LogP contribution in [-0.2, 0) is 14.8 Å². The van der Waals surface area contributed by atoms with Crippen molar-refractivity contribution < 1.29 is 27.4 Å². The van der Waals surface area contributed by atoms with Crippen molar-refractivity contribution in [3.05, 3.63) is 47.2 Å². The number of hydrogen-bond acceptors (Lipinski definition) is 5. The number of carbonyl (C=O) groups excluding carboxylic acids is 1. The minimum Gasteiger partial charge on any atom is -0.506 e. The van der Waals surface area contributed by atoms with Gasteiger partial charge < -0.3 is 15.2 Å². The number of halogens is 2. The van der Waals surface area contributed by atoms with E-state index in [-0.39, 0.29) is 40.2 Å². The van der Waals surface area contributed by atoms with Crippen LogP contribution in [0, 0.1) is 5.82 Å². The number of rotatable bonds is 8. The predicted octanol–water partition coefficient (Wildman–Crippen LogP) is 3.23. The van der Waals surface area contributed by atoms with Gasteiger partial charge in [0.05, 0.1) is 15.6 Å². The summed E-state index contributed by atoms with van der Waals surface area (Å²) < 4.78 is 44.7. The van der Waals surface area contributed by atoms with Crippen molar-refractivity contribution in [2.24, 2.45) is 0 Å². The molecule has 0 aliphatic carbocycles. The summed E-state index contributed by atoms with van der Waals surface area (Å²) in [5.41, 5.74) is -0.0768. The van der Waals surface area contributed by atoms with Crippen LogP contribution in [0.25, 0.3) is 0 Å². The standard InChI is InChI=1S/C18H20ClFN2O5S/c1-3-22(4-2)28(25,26)13-6-7-16(23)15(10-13)21-18(24)11-27-17-8-5-12(20)9-14(17)19/h5-10,23H,3-4,11H2,1-2H3,(H,21,24). The van der Waals surface area contributed by atoms with Gasteiger partial charge >= 0.3 is 0 Å². The fourth-order valence-electron chi connectivity index (χ4n) is 2.41. The molecule has 0 aromatic heterocycles. The van der Waals surface area contributed by atoms with Crippen LogP contribution < -0.4 is 10.1 Å². The molecule has 2 aromatic carbocycles. The summed E-state index contributed by atoms with van der Waals surface area (Å²) in [5, 5.41) is 12.3. The first kappa shape index (κ1) is 21.9. The molecule has 0 aliphatic heterocycles. The lowest BCUT2D eigenvalue weighted by atomic mass is 10.3. The maximum atomic E-state index is 13.0. The van der Waals surface area contributed by atoms with Gasteiger partial charge in [0.2, 0.25) is 10.0 Å². The SMILES string of the molecule is CCN(CC)S(=O)(=O)c1ccc(O)c(NC(=O)COc2ccc(F)cc2Cl)c1. The number of phenolic OH excluding ortho intramolecular Hbond substituents is 1. The summed E-state index contributed by atoms with van der Waals surface area (Å²) >= 11 is 5.82. The third-order valence-electron chi connectivity index (χ3n) is 3.84. The van der Waals surface area contributed by atoms with Gasteiger partial charge in [0, 0.05) is 13.1 Å². The number of sulfonamides is 1. The normalized spacial score (nSPS) is 11.5. The Kier molecular flexibility index (Phi) is 7.22. The molecule has 152 valence electrons. The summed E-state index contributed by atoms with van der Waals surface area (Å²) in [6, 6.07) is 7.07. The van der Waals surface area contributed by atoms with Gasteiger partial charge in [0.25, 0.3) is 5.91 Å². The van der Waals surface area contributed by atoms with Crippen molar-refractivity contribution in [1.29, 1.82) is 0 Å². The maximum absolute atomic E-state index is 13.0. The molecule has 0 atom stereocenters. The first-order valence-electron chi connectivity index (χ1n) is 8.39. The second-order valence-corrected chi connectivity index (χ2v) is 8.03. The van der Waals surface area contributed by atoms with Crippen molar-refractivity contribution in [3.63, 3.8) is 0 Å². The number of hydrogen-bond donors (Lipinski definition) is 2. The lowest BCUT2D eigenvalue weighted by Gasteiger charge is -2.19. The Balaban J connectivity index is 2.14. The topological polar surface area (TPSA) is 95.9 Å². The number of anilines is 1. The van der Waals surface area contributed by atoms with E-state index in [1.807, 2.05) is 0 Å². The van der Waals surface area contributed by atoms with Crippen LogP contribution in [0.1, 0.15) is 13.8 Å². The van der Waals surface area contributed by atoms with E-state index in [1.165, 1.54) is 28.6 Å². The van der Waals surface area contributed by atoms with Gasteiger partial charge in [0.1, 0.15) is 17.3 Å². The Bertz CT molecular complexity index is 964. The van der Waals surface area contributed by atoms with Crippen LogP contribution in [0.3, 0.4) is 0 Å². The molecule has 0 bridgehead atoms. The molecule has 10 heteroatoms. The number of benzene rings is 2. The highest BCUT2D eigenvalue weighted by Gasteiger charge is 2.23. The van der Waals surface area contributed by atoms with Crippen molar-refractivity contribution in [1.82, 2.24) is 4.31 Å². The molecule has 2 N–H and O–H groups in total. The average molecular weight is 431 g/mol. The number of amides is 1. The summed E-state index contributed by atoms with van der Waals surface area (Å²) in [4.78, 5) is 12.0. The molecule has 0 heterocycles. The molecule has 0 saturated heterocycles. The zero-order valence-corrected chi connectivity index (χ0v) is 16.8. The Morgan fingerprint density at radius 3 is 2.50 bits per heavy atom. The fourth-order valence-corrected chi connectivity index (χ4v) is 4.12. The van der Waals surface area contributed by atoms with Crippen LogP contribution in [0.2, 0.25) is 5.02 Å². The zero-order chi connectivity index (χ0) is 20.9. The van der Waals surface area contributed by atoms with E-state index >= 15 is 0 Å². The number of phenols is 1. The van der Waals surface area contributed by atoms with E-state index in [0.29, 0.717) is 0 Å². The van der Waals surface area contributed by atoms with Crippen molar-refractivity contribution >= 4 is 33.2 Å². The van der Waals surface area contributed by atoms with Gasteiger partial charge in [-0.1, -0.05) is 25.4 Å².